The second-order valence-corrected chi connectivity index (χ2v) is 3.35. The molecule has 1 aromatic rings. The van der Waals surface area contributed by atoms with Gasteiger partial charge in [0.05, 0.1) is 6.10 Å². The van der Waals surface area contributed by atoms with E-state index in [0.717, 1.165) is 0 Å². The molecule has 1 rings (SSSR count). The standard InChI is InChI=1S/C9H10ClNO3/c1-5(2)14-8-6(9(12)13)3-4-7(10)11-8/h3-5H,1-2H3,(H,12,13). The topological polar surface area (TPSA) is 59.4 Å². The minimum absolute atomic E-state index is 0.0168. The lowest BCUT2D eigenvalue weighted by Crippen LogP contribution is -2.11. The molecule has 0 unspecified atom stereocenters. The Morgan fingerprint density at radius 2 is 2.21 bits per heavy atom. The molecule has 0 amide bonds. The molecule has 76 valence electrons. The number of aromatic carboxylic acids is 1. The third-order valence-corrected chi connectivity index (χ3v) is 1.61. The first kappa shape index (κ1) is 10.8. The molecule has 1 heterocycles. The summed E-state index contributed by atoms with van der Waals surface area (Å²) >= 11 is 5.62. The molecule has 0 atom stereocenters. The number of rotatable bonds is 3. The number of hydrogen-bond donors (Lipinski definition) is 1. The first-order chi connectivity index (χ1) is 6.50. The number of hydrogen-bond acceptors (Lipinski definition) is 3. The molecule has 0 aliphatic carbocycles. The van der Waals surface area contributed by atoms with E-state index in [2.05, 4.69) is 4.98 Å². The van der Waals surface area contributed by atoms with Crippen molar-refractivity contribution in [2.24, 2.45) is 0 Å². The molecular weight excluding hydrogens is 206 g/mol. The summed E-state index contributed by atoms with van der Waals surface area (Å²) in [5, 5.41) is 9.02. The van der Waals surface area contributed by atoms with Gasteiger partial charge in [0.15, 0.2) is 0 Å². The highest BCUT2D eigenvalue weighted by Gasteiger charge is 2.14. The van der Waals surface area contributed by atoms with Crippen molar-refractivity contribution in [2.45, 2.75) is 20.0 Å². The first-order valence-electron chi connectivity index (χ1n) is 4.07. The Hall–Kier alpha value is -1.29. The number of carbonyl (C=O) groups is 1. The van der Waals surface area contributed by atoms with Gasteiger partial charge in [-0.1, -0.05) is 11.6 Å². The van der Waals surface area contributed by atoms with Crippen LogP contribution in [0.4, 0.5) is 0 Å². The SMILES string of the molecule is CC(C)Oc1nc(Cl)ccc1C(=O)O. The Balaban J connectivity index is 3.09. The maximum atomic E-state index is 10.8. The van der Waals surface area contributed by atoms with Gasteiger partial charge in [-0.3, -0.25) is 0 Å². The monoisotopic (exact) mass is 215 g/mol. The zero-order chi connectivity index (χ0) is 10.7. The summed E-state index contributed by atoms with van der Waals surface area (Å²) < 4.78 is 5.21. The number of halogens is 1. The predicted molar refractivity (Wildman–Crippen MR) is 52.0 cm³/mol. The summed E-state index contributed by atoms with van der Waals surface area (Å²) in [5.41, 5.74) is 0.0168. The highest BCUT2D eigenvalue weighted by atomic mass is 35.5. The third-order valence-electron chi connectivity index (χ3n) is 1.40. The lowest BCUT2D eigenvalue weighted by molar-refractivity contribution is 0.0689. The first-order valence-corrected chi connectivity index (χ1v) is 4.45. The Bertz CT molecular complexity index is 352. The van der Waals surface area contributed by atoms with Crippen LogP contribution in [0.25, 0.3) is 0 Å². The van der Waals surface area contributed by atoms with Crippen LogP contribution in [0.15, 0.2) is 12.1 Å². The molecule has 0 saturated heterocycles. The van der Waals surface area contributed by atoms with Crippen LogP contribution in [-0.4, -0.2) is 22.2 Å². The molecule has 0 aromatic carbocycles. The maximum absolute atomic E-state index is 10.8. The quantitative estimate of drug-likeness (QED) is 0.786. The van der Waals surface area contributed by atoms with Crippen LogP contribution in [-0.2, 0) is 0 Å². The van der Waals surface area contributed by atoms with E-state index in [4.69, 9.17) is 21.4 Å². The van der Waals surface area contributed by atoms with E-state index in [1.54, 1.807) is 13.8 Å². The van der Waals surface area contributed by atoms with Crippen LogP contribution in [0.5, 0.6) is 5.88 Å². The second-order valence-electron chi connectivity index (χ2n) is 2.96. The van der Waals surface area contributed by atoms with Crippen molar-refractivity contribution in [2.75, 3.05) is 0 Å². The fraction of sp³-hybridized carbons (Fsp3) is 0.333. The molecule has 1 aromatic heterocycles. The smallest absolute Gasteiger partial charge is 0.341 e. The minimum Gasteiger partial charge on any atom is -0.477 e. The summed E-state index contributed by atoms with van der Waals surface area (Å²) in [6.07, 6.45) is -0.140. The molecule has 0 bridgehead atoms. The predicted octanol–water partition coefficient (Wildman–Crippen LogP) is 2.22. The molecule has 0 aliphatic heterocycles. The van der Waals surface area contributed by atoms with Crippen LogP contribution < -0.4 is 4.74 Å². The number of aromatic nitrogens is 1. The zero-order valence-electron chi connectivity index (χ0n) is 7.82. The Kier molecular flexibility index (Phi) is 3.30. The van der Waals surface area contributed by atoms with E-state index in [9.17, 15) is 4.79 Å². The number of pyridine rings is 1. The maximum Gasteiger partial charge on any atom is 0.341 e. The molecule has 0 radical (unpaired) electrons. The number of carboxylic acids is 1. The van der Waals surface area contributed by atoms with Crippen molar-refractivity contribution in [3.63, 3.8) is 0 Å². The summed E-state index contributed by atoms with van der Waals surface area (Å²) in [5.74, 6) is -1.02. The van der Waals surface area contributed by atoms with Crippen molar-refractivity contribution in [3.8, 4) is 5.88 Å². The van der Waals surface area contributed by atoms with Gasteiger partial charge in [0.2, 0.25) is 5.88 Å². The molecule has 0 fully saturated rings. The average Bonchev–Trinajstić information content (AvgIpc) is 2.01. The van der Waals surface area contributed by atoms with E-state index in [1.807, 2.05) is 0 Å². The molecule has 14 heavy (non-hydrogen) atoms. The van der Waals surface area contributed by atoms with Gasteiger partial charge in [0.25, 0.3) is 0 Å². The molecule has 1 N–H and O–H groups in total. The molecule has 0 aliphatic rings. The molecule has 4 nitrogen and oxygen atoms in total. The number of nitrogens with zero attached hydrogens (tertiary/aromatic N) is 1. The molecule has 5 heteroatoms. The van der Waals surface area contributed by atoms with Crippen LogP contribution in [0.3, 0.4) is 0 Å². The molecule has 0 spiro atoms. The van der Waals surface area contributed by atoms with E-state index in [-0.39, 0.29) is 22.7 Å². The average molecular weight is 216 g/mol. The van der Waals surface area contributed by atoms with Crippen LogP contribution in [0.2, 0.25) is 5.15 Å². The van der Waals surface area contributed by atoms with Gasteiger partial charge in [-0.05, 0) is 26.0 Å². The zero-order valence-corrected chi connectivity index (χ0v) is 8.58. The van der Waals surface area contributed by atoms with E-state index in [0.29, 0.717) is 0 Å². The fourth-order valence-corrected chi connectivity index (χ4v) is 1.03. The van der Waals surface area contributed by atoms with Crippen LogP contribution in [0.1, 0.15) is 24.2 Å². The van der Waals surface area contributed by atoms with Crippen molar-refractivity contribution < 1.29 is 14.6 Å². The van der Waals surface area contributed by atoms with Gasteiger partial charge < -0.3 is 9.84 Å². The summed E-state index contributed by atoms with van der Waals surface area (Å²) in [4.78, 5) is 14.5. The van der Waals surface area contributed by atoms with Gasteiger partial charge in [0, 0.05) is 0 Å². The fourth-order valence-electron chi connectivity index (χ4n) is 0.894. The van der Waals surface area contributed by atoms with Crippen molar-refractivity contribution in [3.05, 3.63) is 22.8 Å². The van der Waals surface area contributed by atoms with Crippen molar-refractivity contribution in [1.29, 1.82) is 0 Å². The molecule has 0 saturated carbocycles. The Morgan fingerprint density at radius 1 is 1.57 bits per heavy atom. The highest BCUT2D eigenvalue weighted by Crippen LogP contribution is 2.19. The lowest BCUT2D eigenvalue weighted by atomic mass is 10.3. The largest absolute Gasteiger partial charge is 0.477 e. The number of carboxylic acid groups (broad SMARTS) is 1. The van der Waals surface area contributed by atoms with Gasteiger partial charge in [-0.2, -0.15) is 0 Å². The number of ether oxygens (including phenoxy) is 1. The Labute approximate surface area is 86.5 Å². The van der Waals surface area contributed by atoms with Gasteiger partial charge in [-0.15, -0.1) is 0 Å². The van der Waals surface area contributed by atoms with E-state index in [1.165, 1.54) is 12.1 Å². The van der Waals surface area contributed by atoms with Crippen molar-refractivity contribution >= 4 is 17.6 Å². The second kappa shape index (κ2) is 4.28. The van der Waals surface area contributed by atoms with Crippen molar-refractivity contribution in [1.82, 2.24) is 4.98 Å². The lowest BCUT2D eigenvalue weighted by Gasteiger charge is -2.10. The van der Waals surface area contributed by atoms with Gasteiger partial charge in [0.1, 0.15) is 10.7 Å². The highest BCUT2D eigenvalue weighted by molar-refractivity contribution is 6.29. The normalized spacial score (nSPS) is 10.3. The van der Waals surface area contributed by atoms with E-state index >= 15 is 0 Å². The van der Waals surface area contributed by atoms with Crippen LogP contribution >= 0.6 is 11.6 Å². The minimum atomic E-state index is -1.08. The molecular formula is C9H10ClNO3. The van der Waals surface area contributed by atoms with Gasteiger partial charge >= 0.3 is 5.97 Å². The van der Waals surface area contributed by atoms with E-state index < -0.39 is 5.97 Å². The Morgan fingerprint density at radius 3 is 2.71 bits per heavy atom. The third kappa shape index (κ3) is 2.60. The summed E-state index contributed by atoms with van der Waals surface area (Å²) in [6.45, 7) is 3.57. The van der Waals surface area contributed by atoms with Gasteiger partial charge in [-0.25, -0.2) is 9.78 Å². The summed E-state index contributed by atoms with van der Waals surface area (Å²) in [7, 11) is 0. The van der Waals surface area contributed by atoms with Crippen LogP contribution in [0, 0.1) is 0 Å². The summed E-state index contributed by atoms with van der Waals surface area (Å²) in [6, 6.07) is 2.79.